The number of rotatable bonds is 9. The van der Waals surface area contributed by atoms with E-state index < -0.39 is 5.97 Å². The van der Waals surface area contributed by atoms with Crippen LogP contribution in [0.25, 0.3) is 0 Å². The fourth-order valence-corrected chi connectivity index (χ4v) is 1.78. The molecule has 7 nitrogen and oxygen atoms in total. The molecule has 0 saturated heterocycles. The summed E-state index contributed by atoms with van der Waals surface area (Å²) in [4.78, 5) is 37.2. The molecule has 0 aromatic rings. The summed E-state index contributed by atoms with van der Waals surface area (Å²) in [7, 11) is 1.62. The average Bonchev–Trinajstić information content (AvgIpc) is 2.39. The molecule has 0 saturated carbocycles. The molecule has 0 atom stereocenters. The van der Waals surface area contributed by atoms with Crippen LogP contribution in [-0.2, 0) is 14.3 Å². The van der Waals surface area contributed by atoms with E-state index in [4.69, 9.17) is 9.84 Å². The number of ether oxygens (including phenoxy) is 1. The Labute approximate surface area is 125 Å². The van der Waals surface area contributed by atoms with Crippen LogP contribution in [0, 0.1) is 0 Å². The molecule has 122 valence electrons. The van der Waals surface area contributed by atoms with Crippen molar-refractivity contribution >= 4 is 18.0 Å². The lowest BCUT2D eigenvalue weighted by atomic mass is 10.2. The molecule has 7 heteroatoms. The largest absolute Gasteiger partial charge is 0.481 e. The van der Waals surface area contributed by atoms with Gasteiger partial charge < -0.3 is 19.6 Å². The number of carboxylic acid groups (broad SMARTS) is 1. The fraction of sp³-hybridized carbons (Fsp3) is 0.786. The molecule has 0 aliphatic carbocycles. The van der Waals surface area contributed by atoms with Crippen molar-refractivity contribution in [3.63, 3.8) is 0 Å². The minimum Gasteiger partial charge on any atom is -0.481 e. The van der Waals surface area contributed by atoms with Gasteiger partial charge in [0, 0.05) is 32.6 Å². The second-order valence-electron chi connectivity index (χ2n) is 5.04. The van der Waals surface area contributed by atoms with Crippen LogP contribution in [0.3, 0.4) is 0 Å². The van der Waals surface area contributed by atoms with Gasteiger partial charge >= 0.3 is 18.0 Å². The van der Waals surface area contributed by atoms with Gasteiger partial charge in [0.2, 0.25) is 0 Å². The number of carbonyl (C=O) groups excluding carboxylic acids is 2. The topological polar surface area (TPSA) is 87.2 Å². The molecule has 0 fully saturated rings. The monoisotopic (exact) mass is 302 g/mol. The molecule has 21 heavy (non-hydrogen) atoms. The van der Waals surface area contributed by atoms with E-state index in [2.05, 4.69) is 0 Å². The first kappa shape index (κ1) is 19.2. The highest BCUT2D eigenvalue weighted by Crippen LogP contribution is 2.07. The highest BCUT2D eigenvalue weighted by molar-refractivity contribution is 5.76. The molecule has 0 rings (SSSR count). The van der Waals surface area contributed by atoms with Crippen LogP contribution in [0.1, 0.15) is 40.0 Å². The number of esters is 1. The first-order valence-electron chi connectivity index (χ1n) is 7.18. The van der Waals surface area contributed by atoms with Gasteiger partial charge in [-0.25, -0.2) is 4.79 Å². The van der Waals surface area contributed by atoms with E-state index in [9.17, 15) is 14.4 Å². The van der Waals surface area contributed by atoms with E-state index in [0.717, 1.165) is 0 Å². The van der Waals surface area contributed by atoms with Crippen molar-refractivity contribution in [1.82, 2.24) is 9.80 Å². The van der Waals surface area contributed by atoms with Gasteiger partial charge in [0.15, 0.2) is 0 Å². The third-order valence-electron chi connectivity index (χ3n) is 2.94. The molecule has 0 aliphatic heterocycles. The highest BCUT2D eigenvalue weighted by atomic mass is 16.5. The van der Waals surface area contributed by atoms with Crippen molar-refractivity contribution in [2.24, 2.45) is 0 Å². The number of hydrogen-bond acceptors (Lipinski definition) is 4. The Kier molecular flexibility index (Phi) is 9.16. The Bertz CT molecular complexity index is 357. The van der Waals surface area contributed by atoms with Crippen molar-refractivity contribution in [3.8, 4) is 0 Å². The van der Waals surface area contributed by atoms with Crippen molar-refractivity contribution < 1.29 is 24.2 Å². The SMILES string of the molecule is CCOC(=O)CCN(C)C(=O)N(CCCC(=O)O)C(C)C. The maximum atomic E-state index is 12.3. The maximum absolute atomic E-state index is 12.3. The number of amides is 2. The lowest BCUT2D eigenvalue weighted by molar-refractivity contribution is -0.143. The normalized spacial score (nSPS) is 10.3. The summed E-state index contributed by atoms with van der Waals surface area (Å²) < 4.78 is 4.82. The van der Waals surface area contributed by atoms with Crippen LogP contribution >= 0.6 is 0 Å². The van der Waals surface area contributed by atoms with Crippen LogP contribution in [-0.4, -0.2) is 65.7 Å². The number of carbonyl (C=O) groups is 3. The van der Waals surface area contributed by atoms with Crippen LogP contribution < -0.4 is 0 Å². The number of hydrogen-bond donors (Lipinski definition) is 1. The average molecular weight is 302 g/mol. The van der Waals surface area contributed by atoms with Crippen molar-refractivity contribution in [2.75, 3.05) is 26.7 Å². The van der Waals surface area contributed by atoms with Crippen molar-refractivity contribution in [3.05, 3.63) is 0 Å². The van der Waals surface area contributed by atoms with Crippen LogP contribution in [0.4, 0.5) is 4.79 Å². The summed E-state index contributed by atoms with van der Waals surface area (Å²) in [5, 5.41) is 8.64. The van der Waals surface area contributed by atoms with Crippen molar-refractivity contribution in [2.45, 2.75) is 46.1 Å². The molecule has 0 radical (unpaired) electrons. The van der Waals surface area contributed by atoms with Crippen LogP contribution in [0.5, 0.6) is 0 Å². The van der Waals surface area contributed by atoms with E-state index in [1.807, 2.05) is 13.8 Å². The molecular weight excluding hydrogens is 276 g/mol. The molecule has 1 N–H and O–H groups in total. The van der Waals surface area contributed by atoms with Gasteiger partial charge in [-0.1, -0.05) is 0 Å². The maximum Gasteiger partial charge on any atom is 0.319 e. The lowest BCUT2D eigenvalue weighted by Gasteiger charge is -2.31. The van der Waals surface area contributed by atoms with Gasteiger partial charge in [0.1, 0.15) is 0 Å². The van der Waals surface area contributed by atoms with Gasteiger partial charge in [-0.3, -0.25) is 9.59 Å². The van der Waals surface area contributed by atoms with E-state index in [-0.39, 0.29) is 37.4 Å². The van der Waals surface area contributed by atoms with Crippen molar-refractivity contribution in [1.29, 1.82) is 0 Å². The Morgan fingerprint density at radius 1 is 1.14 bits per heavy atom. The highest BCUT2D eigenvalue weighted by Gasteiger charge is 2.21. The Morgan fingerprint density at radius 2 is 1.76 bits per heavy atom. The number of carboxylic acids is 1. The number of nitrogens with zero attached hydrogens (tertiary/aromatic N) is 2. The molecule has 0 aromatic heterocycles. The molecule has 2 amide bonds. The summed E-state index contributed by atoms with van der Waals surface area (Å²) in [6, 6.07) is -0.240. The quantitative estimate of drug-likeness (QED) is 0.653. The molecule has 0 bridgehead atoms. The van der Waals surface area contributed by atoms with Crippen LogP contribution in [0.2, 0.25) is 0 Å². The Balaban J connectivity index is 4.37. The second-order valence-corrected chi connectivity index (χ2v) is 5.04. The van der Waals surface area contributed by atoms with E-state index >= 15 is 0 Å². The first-order chi connectivity index (χ1) is 9.79. The number of aliphatic carboxylic acids is 1. The molecular formula is C14H26N2O5. The molecule has 0 heterocycles. The van der Waals surface area contributed by atoms with Gasteiger partial charge in [-0.05, 0) is 27.2 Å². The predicted molar refractivity (Wildman–Crippen MR) is 78.0 cm³/mol. The summed E-state index contributed by atoms with van der Waals surface area (Å²) in [5.74, 6) is -1.21. The van der Waals surface area contributed by atoms with Gasteiger partial charge in [-0.2, -0.15) is 0 Å². The Morgan fingerprint density at radius 3 is 2.24 bits per heavy atom. The summed E-state index contributed by atoms with van der Waals surface area (Å²) in [5.41, 5.74) is 0. The Hall–Kier alpha value is -1.79. The van der Waals surface area contributed by atoms with E-state index in [1.54, 1.807) is 18.9 Å². The zero-order chi connectivity index (χ0) is 16.4. The smallest absolute Gasteiger partial charge is 0.319 e. The van der Waals surface area contributed by atoms with E-state index in [0.29, 0.717) is 19.6 Å². The lowest BCUT2D eigenvalue weighted by Crippen LogP contribution is -2.46. The standard InChI is InChI=1S/C14H26N2O5/c1-5-21-13(19)8-10-15(4)14(20)16(11(2)3)9-6-7-12(17)18/h11H,5-10H2,1-4H3,(H,17,18). The van der Waals surface area contributed by atoms with Gasteiger partial charge in [-0.15, -0.1) is 0 Å². The van der Waals surface area contributed by atoms with E-state index in [1.165, 1.54) is 4.90 Å². The minimum atomic E-state index is -0.873. The molecule has 0 aromatic carbocycles. The summed E-state index contributed by atoms with van der Waals surface area (Å²) >= 11 is 0. The number of urea groups is 1. The van der Waals surface area contributed by atoms with Gasteiger partial charge in [0.25, 0.3) is 0 Å². The molecule has 0 spiro atoms. The first-order valence-corrected chi connectivity index (χ1v) is 7.18. The zero-order valence-corrected chi connectivity index (χ0v) is 13.3. The van der Waals surface area contributed by atoms with Crippen LogP contribution in [0.15, 0.2) is 0 Å². The van der Waals surface area contributed by atoms with Gasteiger partial charge in [0.05, 0.1) is 13.0 Å². The summed E-state index contributed by atoms with van der Waals surface area (Å²) in [6.07, 6.45) is 0.588. The zero-order valence-electron chi connectivity index (χ0n) is 13.3. The molecule has 0 aliphatic rings. The third kappa shape index (κ3) is 8.16. The fourth-order valence-electron chi connectivity index (χ4n) is 1.78. The second kappa shape index (κ2) is 10.0. The third-order valence-corrected chi connectivity index (χ3v) is 2.94. The molecule has 0 unspecified atom stereocenters. The predicted octanol–water partition coefficient (Wildman–Crippen LogP) is 1.57. The minimum absolute atomic E-state index is 0.0308. The summed E-state index contributed by atoms with van der Waals surface area (Å²) in [6.45, 7) is 6.46.